The molecule has 5 nitrogen and oxygen atoms in total. The lowest BCUT2D eigenvalue weighted by atomic mass is 9.78. The fourth-order valence-corrected chi connectivity index (χ4v) is 2.87. The van der Waals surface area contributed by atoms with Crippen molar-refractivity contribution in [2.75, 3.05) is 24.6 Å². The zero-order valence-electron chi connectivity index (χ0n) is 11.5. The minimum absolute atomic E-state index is 0.0742. The van der Waals surface area contributed by atoms with Crippen molar-refractivity contribution in [3.05, 3.63) is 36.5 Å². The van der Waals surface area contributed by atoms with Gasteiger partial charge in [0.2, 0.25) is 0 Å². The molecule has 20 heavy (non-hydrogen) atoms. The number of aliphatic hydroxyl groups excluding tert-OH is 1. The van der Waals surface area contributed by atoms with Crippen LogP contribution in [0, 0.1) is 5.41 Å². The lowest BCUT2D eigenvalue weighted by molar-refractivity contribution is 0.0696. The van der Waals surface area contributed by atoms with Crippen LogP contribution in [-0.4, -0.2) is 40.9 Å². The molecule has 2 rings (SSSR count). The van der Waals surface area contributed by atoms with Crippen LogP contribution in [0.5, 0.6) is 0 Å². The molecule has 0 amide bonds. The second-order valence-electron chi connectivity index (χ2n) is 5.36. The van der Waals surface area contributed by atoms with Gasteiger partial charge in [-0.15, -0.1) is 6.58 Å². The molecular weight excluding hydrogens is 256 g/mol. The summed E-state index contributed by atoms with van der Waals surface area (Å²) in [4.78, 5) is 17.5. The Bertz CT molecular complexity index is 504. The first-order valence-electron chi connectivity index (χ1n) is 6.77. The number of piperidine rings is 1. The van der Waals surface area contributed by atoms with Crippen molar-refractivity contribution in [2.45, 2.75) is 19.3 Å². The van der Waals surface area contributed by atoms with E-state index in [-0.39, 0.29) is 17.6 Å². The average molecular weight is 276 g/mol. The maximum atomic E-state index is 11.3. The molecule has 1 fully saturated rings. The number of hydrogen-bond donors (Lipinski definition) is 2. The molecule has 1 atom stereocenters. The van der Waals surface area contributed by atoms with Crippen LogP contribution in [0.3, 0.4) is 0 Å². The Morgan fingerprint density at radius 1 is 1.60 bits per heavy atom. The number of aromatic nitrogens is 1. The minimum Gasteiger partial charge on any atom is -0.478 e. The summed E-state index contributed by atoms with van der Waals surface area (Å²) in [5.74, 6) is -0.487. The molecule has 1 saturated heterocycles. The molecule has 2 heterocycles. The molecule has 0 aliphatic carbocycles. The third-order valence-corrected chi connectivity index (χ3v) is 3.89. The molecule has 0 saturated carbocycles. The zero-order valence-corrected chi connectivity index (χ0v) is 11.5. The number of carboxylic acids is 1. The van der Waals surface area contributed by atoms with Crippen molar-refractivity contribution < 1.29 is 15.0 Å². The van der Waals surface area contributed by atoms with E-state index in [0.717, 1.165) is 25.8 Å². The third kappa shape index (κ3) is 2.82. The van der Waals surface area contributed by atoms with Gasteiger partial charge in [0.05, 0.1) is 6.61 Å². The van der Waals surface area contributed by atoms with Gasteiger partial charge in [0.15, 0.2) is 0 Å². The molecule has 5 heteroatoms. The van der Waals surface area contributed by atoms with Gasteiger partial charge in [-0.05, 0) is 31.4 Å². The number of pyridine rings is 1. The number of hydrogen-bond acceptors (Lipinski definition) is 4. The van der Waals surface area contributed by atoms with E-state index in [4.69, 9.17) is 0 Å². The quantitative estimate of drug-likeness (QED) is 0.804. The summed E-state index contributed by atoms with van der Waals surface area (Å²) in [5, 5.41) is 19.0. The first kappa shape index (κ1) is 14.5. The standard InChI is InChI=1S/C15H20N2O3/c1-2-6-15(11-18)7-4-9-17(10-15)13-12(14(19)20)5-3-8-16-13/h2-3,5,8,18H,1,4,6-7,9-11H2,(H,19,20)/t15-/m1/s1. The van der Waals surface area contributed by atoms with Gasteiger partial charge in [0, 0.05) is 24.7 Å². The Labute approximate surface area is 118 Å². The van der Waals surface area contributed by atoms with Gasteiger partial charge >= 0.3 is 5.97 Å². The molecular formula is C15H20N2O3. The molecule has 0 radical (unpaired) electrons. The zero-order chi connectivity index (χ0) is 14.6. The number of rotatable bonds is 5. The minimum atomic E-state index is -0.975. The number of nitrogens with zero attached hydrogens (tertiary/aromatic N) is 2. The van der Waals surface area contributed by atoms with Gasteiger partial charge in [-0.25, -0.2) is 9.78 Å². The molecule has 0 unspecified atom stereocenters. The van der Waals surface area contributed by atoms with Gasteiger partial charge in [-0.1, -0.05) is 6.08 Å². The third-order valence-electron chi connectivity index (χ3n) is 3.89. The van der Waals surface area contributed by atoms with Crippen molar-refractivity contribution in [1.29, 1.82) is 0 Å². The first-order valence-corrected chi connectivity index (χ1v) is 6.77. The predicted octanol–water partition coefficient (Wildman–Crippen LogP) is 1.93. The normalized spacial score (nSPS) is 22.6. The van der Waals surface area contributed by atoms with Crippen LogP contribution in [0.2, 0.25) is 0 Å². The van der Waals surface area contributed by atoms with E-state index in [0.29, 0.717) is 12.4 Å². The van der Waals surface area contributed by atoms with Crippen LogP contribution < -0.4 is 4.90 Å². The second-order valence-corrected chi connectivity index (χ2v) is 5.36. The molecule has 1 aromatic heterocycles. The largest absolute Gasteiger partial charge is 0.478 e. The van der Waals surface area contributed by atoms with Crippen molar-refractivity contribution in [3.63, 3.8) is 0 Å². The fraction of sp³-hybridized carbons (Fsp3) is 0.467. The second kappa shape index (κ2) is 6.05. The average Bonchev–Trinajstić information content (AvgIpc) is 2.48. The van der Waals surface area contributed by atoms with E-state index >= 15 is 0 Å². The van der Waals surface area contributed by atoms with E-state index in [1.165, 1.54) is 0 Å². The van der Waals surface area contributed by atoms with Gasteiger partial charge in [-0.2, -0.15) is 0 Å². The van der Waals surface area contributed by atoms with Crippen molar-refractivity contribution >= 4 is 11.8 Å². The van der Waals surface area contributed by atoms with E-state index in [2.05, 4.69) is 11.6 Å². The summed E-state index contributed by atoms with van der Waals surface area (Å²) in [6.45, 7) is 5.19. The number of carbonyl (C=O) groups is 1. The summed E-state index contributed by atoms with van der Waals surface area (Å²) in [5.41, 5.74) is -0.0346. The Morgan fingerprint density at radius 2 is 2.40 bits per heavy atom. The van der Waals surface area contributed by atoms with Crippen LogP contribution in [0.25, 0.3) is 0 Å². The van der Waals surface area contributed by atoms with E-state index < -0.39 is 5.97 Å². The number of aliphatic hydroxyl groups is 1. The number of allylic oxidation sites excluding steroid dienone is 1. The van der Waals surface area contributed by atoms with E-state index in [9.17, 15) is 15.0 Å². The molecule has 1 aliphatic rings. The topological polar surface area (TPSA) is 73.7 Å². The van der Waals surface area contributed by atoms with E-state index in [1.54, 1.807) is 18.3 Å². The van der Waals surface area contributed by atoms with Crippen molar-refractivity contribution in [3.8, 4) is 0 Å². The summed E-state index contributed by atoms with van der Waals surface area (Å²) < 4.78 is 0. The highest BCUT2D eigenvalue weighted by Gasteiger charge is 2.35. The molecule has 0 spiro atoms. The molecule has 2 N–H and O–H groups in total. The first-order chi connectivity index (χ1) is 9.62. The highest BCUT2D eigenvalue weighted by atomic mass is 16.4. The predicted molar refractivity (Wildman–Crippen MR) is 77.0 cm³/mol. The van der Waals surface area contributed by atoms with Crippen molar-refractivity contribution in [1.82, 2.24) is 4.98 Å². The summed E-state index contributed by atoms with van der Waals surface area (Å²) in [6, 6.07) is 3.19. The molecule has 1 aliphatic heterocycles. The summed E-state index contributed by atoms with van der Waals surface area (Å²) in [6.07, 6.45) is 5.96. The monoisotopic (exact) mass is 276 g/mol. The number of aromatic carboxylic acids is 1. The smallest absolute Gasteiger partial charge is 0.339 e. The molecule has 0 bridgehead atoms. The molecule has 0 aromatic carbocycles. The van der Waals surface area contributed by atoms with Gasteiger partial charge in [0.25, 0.3) is 0 Å². The van der Waals surface area contributed by atoms with Gasteiger partial charge < -0.3 is 15.1 Å². The summed E-state index contributed by atoms with van der Waals surface area (Å²) in [7, 11) is 0. The van der Waals surface area contributed by atoms with Crippen LogP contribution in [0.1, 0.15) is 29.6 Å². The van der Waals surface area contributed by atoms with Crippen LogP contribution in [-0.2, 0) is 0 Å². The number of carboxylic acid groups (broad SMARTS) is 1. The lowest BCUT2D eigenvalue weighted by Crippen LogP contribution is -2.46. The van der Waals surface area contributed by atoms with Crippen LogP contribution in [0.15, 0.2) is 31.0 Å². The Kier molecular flexibility index (Phi) is 4.39. The Balaban J connectivity index is 2.29. The molecule has 1 aromatic rings. The lowest BCUT2D eigenvalue weighted by Gasteiger charge is -2.42. The van der Waals surface area contributed by atoms with Crippen LogP contribution >= 0.6 is 0 Å². The van der Waals surface area contributed by atoms with Crippen molar-refractivity contribution in [2.24, 2.45) is 5.41 Å². The Hall–Kier alpha value is -1.88. The maximum absolute atomic E-state index is 11.3. The summed E-state index contributed by atoms with van der Waals surface area (Å²) >= 11 is 0. The fourth-order valence-electron chi connectivity index (χ4n) is 2.87. The SMILES string of the molecule is C=CC[C@@]1(CO)CCCN(c2ncccc2C(=O)O)C1. The highest BCUT2D eigenvalue weighted by Crippen LogP contribution is 2.35. The van der Waals surface area contributed by atoms with Gasteiger partial charge in [-0.3, -0.25) is 0 Å². The van der Waals surface area contributed by atoms with Crippen LogP contribution in [0.4, 0.5) is 5.82 Å². The molecule has 108 valence electrons. The maximum Gasteiger partial charge on any atom is 0.339 e. The number of anilines is 1. The van der Waals surface area contributed by atoms with Gasteiger partial charge in [0.1, 0.15) is 11.4 Å². The van der Waals surface area contributed by atoms with E-state index in [1.807, 2.05) is 11.0 Å². The highest BCUT2D eigenvalue weighted by molar-refractivity contribution is 5.93. The Morgan fingerprint density at radius 3 is 3.05 bits per heavy atom.